The molecular formula is C15H24O2. The second-order valence-corrected chi connectivity index (χ2v) is 6.36. The number of aliphatic hydroxyl groups is 1. The molecule has 1 atom stereocenters. The van der Waals surface area contributed by atoms with E-state index in [1.807, 2.05) is 0 Å². The molecule has 0 aromatic rings. The van der Waals surface area contributed by atoms with Crippen LogP contribution in [0, 0.1) is 23.7 Å². The SMILES string of the molecule is C=CC(O)OC1(CC)C2CC3CC(C2)CC1C3. The van der Waals surface area contributed by atoms with Crippen molar-refractivity contribution in [1.29, 1.82) is 0 Å². The van der Waals surface area contributed by atoms with Crippen molar-refractivity contribution in [3.05, 3.63) is 12.7 Å². The van der Waals surface area contributed by atoms with Crippen LogP contribution in [0.15, 0.2) is 12.7 Å². The van der Waals surface area contributed by atoms with Crippen molar-refractivity contribution in [2.75, 3.05) is 0 Å². The van der Waals surface area contributed by atoms with Crippen LogP contribution in [0.25, 0.3) is 0 Å². The van der Waals surface area contributed by atoms with E-state index in [4.69, 9.17) is 4.74 Å². The van der Waals surface area contributed by atoms with E-state index in [1.54, 1.807) is 0 Å². The lowest BCUT2D eigenvalue weighted by Crippen LogP contribution is -2.59. The summed E-state index contributed by atoms with van der Waals surface area (Å²) in [5.41, 5.74) is -0.0545. The average Bonchev–Trinajstić information content (AvgIpc) is 2.33. The lowest BCUT2D eigenvalue weighted by Gasteiger charge is -2.61. The van der Waals surface area contributed by atoms with Crippen LogP contribution in [-0.4, -0.2) is 17.0 Å². The van der Waals surface area contributed by atoms with E-state index in [0.29, 0.717) is 11.8 Å². The first-order valence-electron chi connectivity index (χ1n) is 7.16. The van der Waals surface area contributed by atoms with Crippen LogP contribution in [0.2, 0.25) is 0 Å². The molecule has 1 unspecified atom stereocenters. The van der Waals surface area contributed by atoms with Gasteiger partial charge in [-0.3, -0.25) is 0 Å². The molecular weight excluding hydrogens is 212 g/mol. The van der Waals surface area contributed by atoms with Gasteiger partial charge >= 0.3 is 0 Å². The van der Waals surface area contributed by atoms with Crippen LogP contribution in [0.4, 0.5) is 0 Å². The molecule has 2 nitrogen and oxygen atoms in total. The van der Waals surface area contributed by atoms with E-state index in [-0.39, 0.29) is 5.60 Å². The van der Waals surface area contributed by atoms with Crippen molar-refractivity contribution >= 4 is 0 Å². The van der Waals surface area contributed by atoms with Gasteiger partial charge in [-0.1, -0.05) is 13.5 Å². The molecule has 4 aliphatic rings. The normalized spacial score (nSPS) is 49.3. The summed E-state index contributed by atoms with van der Waals surface area (Å²) in [7, 11) is 0. The van der Waals surface area contributed by atoms with Crippen molar-refractivity contribution in [3.8, 4) is 0 Å². The molecule has 4 fully saturated rings. The molecule has 96 valence electrons. The lowest BCUT2D eigenvalue weighted by atomic mass is 9.49. The summed E-state index contributed by atoms with van der Waals surface area (Å²) in [4.78, 5) is 0. The molecule has 0 aromatic heterocycles. The van der Waals surface area contributed by atoms with Crippen LogP contribution in [0.1, 0.15) is 45.4 Å². The largest absolute Gasteiger partial charge is 0.365 e. The Morgan fingerprint density at radius 3 is 2.18 bits per heavy atom. The molecule has 2 heteroatoms. The fourth-order valence-electron chi connectivity index (χ4n) is 5.11. The molecule has 0 radical (unpaired) electrons. The third kappa shape index (κ3) is 1.68. The Bertz CT molecular complexity index is 282. The summed E-state index contributed by atoms with van der Waals surface area (Å²) in [6.07, 6.45) is 8.52. The van der Waals surface area contributed by atoms with Crippen LogP contribution in [0.5, 0.6) is 0 Å². The third-order valence-electron chi connectivity index (χ3n) is 5.61. The van der Waals surface area contributed by atoms with Crippen molar-refractivity contribution in [2.24, 2.45) is 23.7 Å². The van der Waals surface area contributed by atoms with Gasteiger partial charge in [0.15, 0.2) is 6.29 Å². The van der Waals surface area contributed by atoms with Gasteiger partial charge in [0.1, 0.15) is 0 Å². The van der Waals surface area contributed by atoms with E-state index < -0.39 is 6.29 Å². The first kappa shape index (κ1) is 11.7. The minimum Gasteiger partial charge on any atom is -0.365 e. The molecule has 0 heterocycles. The maximum atomic E-state index is 9.80. The maximum Gasteiger partial charge on any atom is 0.174 e. The van der Waals surface area contributed by atoms with Crippen molar-refractivity contribution in [1.82, 2.24) is 0 Å². The van der Waals surface area contributed by atoms with Crippen molar-refractivity contribution in [2.45, 2.75) is 57.3 Å². The zero-order valence-corrected chi connectivity index (χ0v) is 10.8. The third-order valence-corrected chi connectivity index (χ3v) is 5.61. The number of aliphatic hydroxyl groups excluding tert-OH is 1. The zero-order chi connectivity index (χ0) is 12.0. The average molecular weight is 236 g/mol. The number of rotatable bonds is 4. The Morgan fingerprint density at radius 2 is 1.76 bits per heavy atom. The molecule has 4 saturated carbocycles. The van der Waals surface area contributed by atoms with E-state index in [9.17, 15) is 5.11 Å². The summed E-state index contributed by atoms with van der Waals surface area (Å²) in [6.45, 7) is 5.85. The molecule has 0 aromatic carbocycles. The van der Waals surface area contributed by atoms with E-state index in [0.717, 1.165) is 18.3 Å². The van der Waals surface area contributed by atoms with Crippen LogP contribution < -0.4 is 0 Å². The van der Waals surface area contributed by atoms with Gasteiger partial charge in [-0.2, -0.15) is 0 Å². The minimum atomic E-state index is -0.785. The smallest absolute Gasteiger partial charge is 0.174 e. The molecule has 0 spiro atoms. The second kappa shape index (κ2) is 4.10. The van der Waals surface area contributed by atoms with Gasteiger partial charge in [0.05, 0.1) is 5.60 Å². The van der Waals surface area contributed by atoms with Crippen LogP contribution in [-0.2, 0) is 4.74 Å². The summed E-state index contributed by atoms with van der Waals surface area (Å²) in [6, 6.07) is 0. The summed E-state index contributed by atoms with van der Waals surface area (Å²) in [5.74, 6) is 3.25. The van der Waals surface area contributed by atoms with E-state index in [2.05, 4.69) is 13.5 Å². The lowest BCUT2D eigenvalue weighted by molar-refractivity contribution is -0.256. The fourth-order valence-corrected chi connectivity index (χ4v) is 5.11. The van der Waals surface area contributed by atoms with E-state index >= 15 is 0 Å². The molecule has 4 bridgehead atoms. The first-order valence-corrected chi connectivity index (χ1v) is 7.16. The summed E-state index contributed by atoms with van der Waals surface area (Å²) in [5, 5.41) is 9.80. The standard InChI is InChI=1S/C15H24O2/c1-3-14(16)17-15(4-2)12-6-10-5-11(8-12)9-13(15)7-10/h3,10-14,16H,1,4-9H2,2H3. The number of hydrogen-bond donors (Lipinski definition) is 1. The van der Waals surface area contributed by atoms with Crippen molar-refractivity contribution in [3.63, 3.8) is 0 Å². The molecule has 0 amide bonds. The topological polar surface area (TPSA) is 29.5 Å². The van der Waals surface area contributed by atoms with Gasteiger partial charge < -0.3 is 9.84 Å². The van der Waals surface area contributed by atoms with Gasteiger partial charge in [-0.05, 0) is 68.3 Å². The molecule has 4 aliphatic carbocycles. The van der Waals surface area contributed by atoms with Gasteiger partial charge in [0, 0.05) is 0 Å². The van der Waals surface area contributed by atoms with Crippen LogP contribution >= 0.6 is 0 Å². The van der Waals surface area contributed by atoms with E-state index in [1.165, 1.54) is 38.2 Å². The highest BCUT2D eigenvalue weighted by Gasteiger charge is 2.57. The Balaban J connectivity index is 1.86. The molecule has 4 rings (SSSR count). The Hall–Kier alpha value is -0.340. The fraction of sp³-hybridized carbons (Fsp3) is 0.867. The Labute approximate surface area is 104 Å². The maximum absolute atomic E-state index is 9.80. The Kier molecular flexibility index (Phi) is 2.83. The molecule has 1 N–H and O–H groups in total. The number of hydrogen-bond acceptors (Lipinski definition) is 2. The van der Waals surface area contributed by atoms with Gasteiger partial charge in [0.25, 0.3) is 0 Å². The van der Waals surface area contributed by atoms with Gasteiger partial charge in [-0.15, -0.1) is 0 Å². The van der Waals surface area contributed by atoms with Gasteiger partial charge in [0.2, 0.25) is 0 Å². The zero-order valence-electron chi connectivity index (χ0n) is 10.8. The summed E-state index contributed by atoms with van der Waals surface area (Å²) < 4.78 is 6.05. The highest BCUT2D eigenvalue weighted by Crippen LogP contribution is 2.60. The predicted molar refractivity (Wildman–Crippen MR) is 67.4 cm³/mol. The Morgan fingerprint density at radius 1 is 1.24 bits per heavy atom. The molecule has 17 heavy (non-hydrogen) atoms. The van der Waals surface area contributed by atoms with Crippen LogP contribution in [0.3, 0.4) is 0 Å². The monoisotopic (exact) mass is 236 g/mol. The summed E-state index contributed by atoms with van der Waals surface area (Å²) >= 11 is 0. The van der Waals surface area contributed by atoms with Gasteiger partial charge in [-0.25, -0.2) is 0 Å². The quantitative estimate of drug-likeness (QED) is 0.600. The second-order valence-electron chi connectivity index (χ2n) is 6.36. The predicted octanol–water partition coefficient (Wildman–Crippen LogP) is 3.11. The molecule has 0 aliphatic heterocycles. The number of ether oxygens (including phenoxy) is 1. The highest BCUT2D eigenvalue weighted by atomic mass is 16.6. The van der Waals surface area contributed by atoms with Crippen molar-refractivity contribution < 1.29 is 9.84 Å². The highest BCUT2D eigenvalue weighted by molar-refractivity contribution is 5.07. The first-order chi connectivity index (χ1) is 8.18. The minimum absolute atomic E-state index is 0.0545. The molecule has 0 saturated heterocycles.